The average molecular weight is 370 g/mol. The first-order valence-electron chi connectivity index (χ1n) is 8.90. The van der Waals surface area contributed by atoms with Crippen molar-refractivity contribution in [1.82, 2.24) is 20.5 Å². The van der Waals surface area contributed by atoms with E-state index >= 15 is 0 Å². The number of amides is 3. The minimum absolute atomic E-state index is 0.0745. The second kappa shape index (κ2) is 6.96. The van der Waals surface area contributed by atoms with Crippen LogP contribution in [0.3, 0.4) is 0 Å². The van der Waals surface area contributed by atoms with E-state index in [4.69, 9.17) is 4.74 Å². The maximum Gasteiger partial charge on any atom is 0.315 e. The number of nitrogens with zero attached hydrogens (tertiary/aromatic N) is 1. The van der Waals surface area contributed by atoms with E-state index in [1.165, 1.54) is 0 Å². The molecule has 4 rings (SSSR count). The normalized spacial score (nSPS) is 25.9. The number of benzene rings is 1. The molecule has 1 saturated carbocycles. The Bertz CT molecular complexity index is 848. The molecule has 2 aliphatic rings. The lowest BCUT2D eigenvalue weighted by Gasteiger charge is -2.32. The van der Waals surface area contributed by atoms with Gasteiger partial charge in [0, 0.05) is 12.7 Å². The Kier molecular flexibility index (Phi) is 4.49. The molecule has 1 aromatic heterocycles. The Morgan fingerprint density at radius 2 is 2.11 bits per heavy atom. The van der Waals surface area contributed by atoms with Gasteiger partial charge in [0.2, 0.25) is 0 Å². The van der Waals surface area contributed by atoms with E-state index < -0.39 is 12.1 Å². The van der Waals surface area contributed by atoms with Crippen LogP contribution in [0.4, 0.5) is 4.79 Å². The van der Waals surface area contributed by atoms with Gasteiger partial charge in [-0.3, -0.25) is 4.79 Å². The number of aliphatic hydroxyl groups is 1. The zero-order valence-corrected chi connectivity index (χ0v) is 14.9. The molecule has 4 N–H and O–H groups in total. The molecule has 8 nitrogen and oxygen atoms in total. The van der Waals surface area contributed by atoms with Crippen LogP contribution in [0.2, 0.25) is 0 Å². The summed E-state index contributed by atoms with van der Waals surface area (Å²) in [6.45, 7) is 0.348. The zero-order valence-electron chi connectivity index (χ0n) is 14.9. The fraction of sp³-hybridized carbons (Fsp3) is 0.368. The number of carbonyl (C=O) groups excluding carboxylic acids is 2. The Labute approximate surface area is 156 Å². The van der Waals surface area contributed by atoms with Crippen molar-refractivity contribution in [3.63, 3.8) is 0 Å². The number of hydrogen-bond donors (Lipinski definition) is 4. The maximum atomic E-state index is 12.3. The summed E-state index contributed by atoms with van der Waals surface area (Å²) in [6, 6.07) is 9.59. The van der Waals surface area contributed by atoms with Crippen molar-refractivity contribution in [2.75, 3.05) is 7.11 Å². The summed E-state index contributed by atoms with van der Waals surface area (Å²) in [6.07, 6.45) is 1.57. The van der Waals surface area contributed by atoms with Crippen molar-refractivity contribution in [3.05, 3.63) is 53.9 Å². The van der Waals surface area contributed by atoms with E-state index in [2.05, 4.69) is 16.0 Å². The molecule has 3 amide bonds. The molecule has 0 unspecified atom stereocenters. The van der Waals surface area contributed by atoms with Gasteiger partial charge in [0.05, 0.1) is 31.3 Å². The van der Waals surface area contributed by atoms with E-state index in [0.29, 0.717) is 18.7 Å². The van der Waals surface area contributed by atoms with Crippen molar-refractivity contribution in [1.29, 1.82) is 0 Å². The Morgan fingerprint density at radius 3 is 2.85 bits per heavy atom. The first kappa shape index (κ1) is 17.4. The number of aromatic nitrogens is 1. The lowest BCUT2D eigenvalue weighted by Crippen LogP contribution is -2.58. The number of urea groups is 1. The third-order valence-electron chi connectivity index (χ3n) is 5.28. The number of carbonyl (C=O) groups is 2. The fourth-order valence-electron chi connectivity index (χ4n) is 3.91. The maximum absolute atomic E-state index is 12.3. The molecule has 1 fully saturated rings. The Hall–Kier alpha value is -3.00. The molecule has 1 aliphatic heterocycles. The summed E-state index contributed by atoms with van der Waals surface area (Å²) in [5, 5.41) is 19.0. The van der Waals surface area contributed by atoms with Gasteiger partial charge in [-0.1, -0.05) is 12.1 Å². The quantitative estimate of drug-likeness (QED) is 0.638. The van der Waals surface area contributed by atoms with Gasteiger partial charge in [0.1, 0.15) is 11.4 Å². The van der Waals surface area contributed by atoms with E-state index in [-0.39, 0.29) is 24.0 Å². The Morgan fingerprint density at radius 1 is 1.33 bits per heavy atom. The zero-order chi connectivity index (χ0) is 19.0. The van der Waals surface area contributed by atoms with Gasteiger partial charge in [-0.15, -0.1) is 0 Å². The Balaban J connectivity index is 1.39. The highest BCUT2D eigenvalue weighted by atomic mass is 16.5. The SMILES string of the molecule is COc1ccc(CNC(=O)N[C@H]2[C@@H]3NC(=O)c4cccn4[C@@H]3C[C@H]2O)cc1. The number of hydrogen-bond acceptors (Lipinski definition) is 4. The molecule has 1 aromatic carbocycles. The largest absolute Gasteiger partial charge is 0.497 e. The lowest BCUT2D eigenvalue weighted by molar-refractivity contribution is 0.0873. The first-order chi connectivity index (χ1) is 13.1. The number of methoxy groups -OCH3 is 1. The van der Waals surface area contributed by atoms with E-state index in [1.807, 2.05) is 41.1 Å². The van der Waals surface area contributed by atoms with Crippen molar-refractivity contribution in [2.45, 2.75) is 37.2 Å². The predicted octanol–water partition coefficient (Wildman–Crippen LogP) is 0.782. The van der Waals surface area contributed by atoms with Crippen LogP contribution in [0.5, 0.6) is 5.75 Å². The number of fused-ring (bicyclic) bond motifs is 3. The third-order valence-corrected chi connectivity index (χ3v) is 5.28. The standard InChI is InChI=1S/C19H22N4O4/c1-27-12-6-4-11(5-7-12)10-20-19(26)22-17-15(24)9-14-16(17)21-18(25)13-3-2-8-23(13)14/h2-8,14-17,24H,9-10H2,1H3,(H,21,25)(H2,20,22,26)/t14-,15-,16-,17-/m1/s1. The number of rotatable bonds is 4. The van der Waals surface area contributed by atoms with Crippen LogP contribution in [-0.4, -0.2) is 46.9 Å². The molecule has 0 saturated heterocycles. The molecule has 2 heterocycles. The van der Waals surface area contributed by atoms with E-state index in [9.17, 15) is 14.7 Å². The molecule has 0 radical (unpaired) electrons. The third kappa shape index (κ3) is 3.23. The number of nitrogens with one attached hydrogen (secondary N) is 3. The highest BCUT2D eigenvalue weighted by Crippen LogP contribution is 2.35. The van der Waals surface area contributed by atoms with Crippen LogP contribution in [0.25, 0.3) is 0 Å². The summed E-state index contributed by atoms with van der Waals surface area (Å²) < 4.78 is 6.99. The van der Waals surface area contributed by atoms with Crippen LogP contribution in [0.15, 0.2) is 42.6 Å². The average Bonchev–Trinajstić information content (AvgIpc) is 3.27. The molecule has 8 heteroatoms. The summed E-state index contributed by atoms with van der Waals surface area (Å²) in [5.74, 6) is 0.557. The fourth-order valence-corrected chi connectivity index (χ4v) is 3.91. The smallest absolute Gasteiger partial charge is 0.315 e. The molecular formula is C19H22N4O4. The van der Waals surface area contributed by atoms with Gasteiger partial charge in [0.25, 0.3) is 5.91 Å². The number of aliphatic hydroxyl groups excluding tert-OH is 1. The lowest BCUT2D eigenvalue weighted by atomic mass is 10.1. The van der Waals surface area contributed by atoms with Gasteiger partial charge < -0.3 is 30.4 Å². The van der Waals surface area contributed by atoms with Crippen molar-refractivity contribution >= 4 is 11.9 Å². The van der Waals surface area contributed by atoms with Crippen LogP contribution in [-0.2, 0) is 6.54 Å². The second-order valence-electron chi connectivity index (χ2n) is 6.87. The molecule has 27 heavy (non-hydrogen) atoms. The highest BCUT2D eigenvalue weighted by molar-refractivity contribution is 5.94. The minimum Gasteiger partial charge on any atom is -0.497 e. The van der Waals surface area contributed by atoms with Crippen LogP contribution in [0, 0.1) is 0 Å². The summed E-state index contributed by atoms with van der Waals surface area (Å²) in [7, 11) is 1.60. The monoisotopic (exact) mass is 370 g/mol. The van der Waals surface area contributed by atoms with Crippen molar-refractivity contribution in [2.24, 2.45) is 0 Å². The van der Waals surface area contributed by atoms with E-state index in [0.717, 1.165) is 11.3 Å². The van der Waals surface area contributed by atoms with Crippen molar-refractivity contribution < 1.29 is 19.4 Å². The minimum atomic E-state index is -0.736. The molecular weight excluding hydrogens is 348 g/mol. The molecule has 4 atom stereocenters. The van der Waals surface area contributed by atoms with Crippen LogP contribution in [0.1, 0.15) is 28.5 Å². The van der Waals surface area contributed by atoms with Gasteiger partial charge >= 0.3 is 6.03 Å². The van der Waals surface area contributed by atoms with Gasteiger partial charge in [-0.05, 0) is 36.2 Å². The first-order valence-corrected chi connectivity index (χ1v) is 8.90. The highest BCUT2D eigenvalue weighted by Gasteiger charge is 2.48. The van der Waals surface area contributed by atoms with Gasteiger partial charge in [0.15, 0.2) is 0 Å². The summed E-state index contributed by atoms with van der Waals surface area (Å²) in [4.78, 5) is 24.6. The second-order valence-corrected chi connectivity index (χ2v) is 6.87. The molecule has 142 valence electrons. The molecule has 0 spiro atoms. The van der Waals surface area contributed by atoms with Crippen LogP contribution < -0.4 is 20.7 Å². The summed E-state index contributed by atoms with van der Waals surface area (Å²) >= 11 is 0. The summed E-state index contributed by atoms with van der Waals surface area (Å²) in [5.41, 5.74) is 1.51. The molecule has 2 aromatic rings. The van der Waals surface area contributed by atoms with E-state index in [1.54, 1.807) is 13.2 Å². The number of ether oxygens (including phenoxy) is 1. The molecule has 0 bridgehead atoms. The topological polar surface area (TPSA) is 105 Å². The van der Waals surface area contributed by atoms with Gasteiger partial charge in [-0.25, -0.2) is 4.79 Å². The van der Waals surface area contributed by atoms with Gasteiger partial charge in [-0.2, -0.15) is 0 Å². The molecule has 1 aliphatic carbocycles. The predicted molar refractivity (Wildman–Crippen MR) is 97.5 cm³/mol. The van der Waals surface area contributed by atoms with Crippen LogP contribution >= 0.6 is 0 Å². The van der Waals surface area contributed by atoms with Crippen molar-refractivity contribution in [3.8, 4) is 5.75 Å².